The van der Waals surface area contributed by atoms with Crippen LogP contribution >= 0.6 is 27.3 Å². The van der Waals surface area contributed by atoms with Gasteiger partial charge < -0.3 is 9.30 Å². The summed E-state index contributed by atoms with van der Waals surface area (Å²) >= 11 is 4.99. The first-order valence-corrected chi connectivity index (χ1v) is 10.1. The van der Waals surface area contributed by atoms with Gasteiger partial charge in [0.25, 0.3) is 5.91 Å². The molecule has 8 heteroatoms. The molecule has 0 fully saturated rings. The summed E-state index contributed by atoms with van der Waals surface area (Å²) in [7, 11) is 0. The molecule has 3 rings (SSSR count). The van der Waals surface area contributed by atoms with Crippen molar-refractivity contribution >= 4 is 43.4 Å². The lowest BCUT2D eigenvalue weighted by Crippen LogP contribution is -2.20. The molecule has 138 valence electrons. The van der Waals surface area contributed by atoms with Crippen molar-refractivity contribution in [2.75, 3.05) is 13.2 Å². The second-order valence-corrected chi connectivity index (χ2v) is 7.67. The van der Waals surface area contributed by atoms with E-state index in [1.165, 1.54) is 11.3 Å². The predicted molar refractivity (Wildman–Crippen MR) is 107 cm³/mol. The molecule has 0 radical (unpaired) electrons. The summed E-state index contributed by atoms with van der Waals surface area (Å²) in [5.41, 5.74) is 2.37. The van der Waals surface area contributed by atoms with Crippen LogP contribution in [0.3, 0.4) is 0 Å². The van der Waals surface area contributed by atoms with E-state index in [0.717, 1.165) is 26.9 Å². The number of nitrogens with zero attached hydrogens (tertiary/aromatic N) is 4. The number of halogens is 1. The number of ether oxygens (including phenoxy) is 1. The number of rotatable bonds is 6. The second-order valence-electron chi connectivity index (χ2n) is 5.75. The van der Waals surface area contributed by atoms with E-state index in [0.29, 0.717) is 30.3 Å². The Morgan fingerprint density at radius 1 is 1.35 bits per heavy atom. The third-order valence-electron chi connectivity index (χ3n) is 4.01. The summed E-state index contributed by atoms with van der Waals surface area (Å²) < 4.78 is 11.4. The minimum absolute atomic E-state index is 0.323. The Hall–Kier alpha value is -1.77. The maximum Gasteiger partial charge on any atom is 0.300 e. The minimum Gasteiger partial charge on any atom is -0.380 e. The monoisotopic (exact) mass is 436 g/mol. The smallest absolute Gasteiger partial charge is 0.300 e. The van der Waals surface area contributed by atoms with Gasteiger partial charge in [0.2, 0.25) is 0 Å². The molecule has 0 aliphatic carbocycles. The van der Waals surface area contributed by atoms with Crippen molar-refractivity contribution in [1.29, 1.82) is 0 Å². The lowest BCUT2D eigenvalue weighted by molar-refractivity contribution is 0.0991. The van der Waals surface area contributed by atoms with Gasteiger partial charge in [0.15, 0.2) is 10.5 Å². The minimum atomic E-state index is -0.323. The van der Waals surface area contributed by atoms with E-state index in [9.17, 15) is 4.79 Å². The van der Waals surface area contributed by atoms with Crippen molar-refractivity contribution < 1.29 is 9.53 Å². The van der Waals surface area contributed by atoms with Gasteiger partial charge in [-0.05, 0) is 45.0 Å². The van der Waals surface area contributed by atoms with Crippen LogP contribution in [-0.2, 0) is 17.8 Å². The molecule has 0 saturated heterocycles. The van der Waals surface area contributed by atoms with Gasteiger partial charge in [-0.15, -0.1) is 0 Å². The molecule has 0 unspecified atom stereocenters. The molecule has 2 aromatic heterocycles. The summed E-state index contributed by atoms with van der Waals surface area (Å²) in [6.45, 7) is 8.50. The Balaban J connectivity index is 2.04. The molecule has 0 aliphatic heterocycles. The Bertz CT molecular complexity index is 1000. The van der Waals surface area contributed by atoms with Crippen molar-refractivity contribution in [3.8, 4) is 0 Å². The molecule has 1 amide bonds. The zero-order valence-corrected chi connectivity index (χ0v) is 17.4. The van der Waals surface area contributed by atoms with Crippen LogP contribution in [0.1, 0.15) is 30.0 Å². The van der Waals surface area contributed by atoms with Crippen LogP contribution in [0.5, 0.6) is 0 Å². The molecule has 0 spiro atoms. The largest absolute Gasteiger partial charge is 0.380 e. The van der Waals surface area contributed by atoms with Gasteiger partial charge in [-0.2, -0.15) is 10.1 Å². The molecular formula is C18H21BrN4O2S. The molecule has 3 aromatic rings. The van der Waals surface area contributed by atoms with E-state index < -0.39 is 0 Å². The van der Waals surface area contributed by atoms with Crippen molar-refractivity contribution in [2.45, 2.75) is 33.9 Å². The maximum absolute atomic E-state index is 12.6. The number of amides is 1. The fourth-order valence-electron chi connectivity index (χ4n) is 2.73. The summed E-state index contributed by atoms with van der Waals surface area (Å²) in [6, 6.07) is 7.84. The SMILES string of the molecule is CCOCCn1c(=NC(=O)c2cc(C)n(CC)n2)sc2cc(Br)ccc21. The van der Waals surface area contributed by atoms with Crippen LogP contribution in [0.4, 0.5) is 0 Å². The third-order valence-corrected chi connectivity index (χ3v) is 5.54. The second kappa shape index (κ2) is 8.28. The normalized spacial score (nSPS) is 12.2. The van der Waals surface area contributed by atoms with Gasteiger partial charge in [-0.1, -0.05) is 27.3 Å². The zero-order valence-electron chi connectivity index (χ0n) is 15.0. The first kappa shape index (κ1) is 19.0. The molecule has 26 heavy (non-hydrogen) atoms. The zero-order chi connectivity index (χ0) is 18.7. The number of benzene rings is 1. The Morgan fingerprint density at radius 2 is 2.15 bits per heavy atom. The number of carbonyl (C=O) groups excluding carboxylic acids is 1. The van der Waals surface area contributed by atoms with Crippen molar-refractivity contribution in [3.05, 3.63) is 44.9 Å². The summed E-state index contributed by atoms with van der Waals surface area (Å²) in [4.78, 5) is 17.7. The van der Waals surface area contributed by atoms with E-state index in [1.54, 1.807) is 10.7 Å². The number of carbonyl (C=O) groups is 1. The fraction of sp³-hybridized carbons (Fsp3) is 0.389. The predicted octanol–water partition coefficient (Wildman–Crippen LogP) is 3.77. The number of thiazole rings is 1. The van der Waals surface area contributed by atoms with Crippen LogP contribution < -0.4 is 4.80 Å². The number of aromatic nitrogens is 3. The van der Waals surface area contributed by atoms with Crippen LogP contribution in [-0.4, -0.2) is 33.5 Å². The molecule has 0 aliphatic rings. The highest BCUT2D eigenvalue weighted by atomic mass is 79.9. The van der Waals surface area contributed by atoms with Crippen LogP contribution in [0.15, 0.2) is 33.7 Å². The number of hydrogen-bond acceptors (Lipinski definition) is 4. The number of hydrogen-bond donors (Lipinski definition) is 0. The van der Waals surface area contributed by atoms with Gasteiger partial charge in [-0.3, -0.25) is 9.48 Å². The molecular weight excluding hydrogens is 416 g/mol. The number of aryl methyl sites for hydroxylation is 2. The molecule has 0 N–H and O–H groups in total. The van der Waals surface area contributed by atoms with Crippen LogP contribution in [0.25, 0.3) is 10.2 Å². The van der Waals surface area contributed by atoms with Crippen molar-refractivity contribution in [1.82, 2.24) is 14.3 Å². The lowest BCUT2D eigenvalue weighted by Gasteiger charge is -2.05. The molecule has 0 saturated carbocycles. The summed E-state index contributed by atoms with van der Waals surface area (Å²) in [5, 5.41) is 4.33. The number of fused-ring (bicyclic) bond motifs is 1. The molecule has 0 atom stereocenters. The van der Waals surface area contributed by atoms with Crippen molar-refractivity contribution in [2.24, 2.45) is 4.99 Å². The van der Waals surface area contributed by atoms with E-state index in [2.05, 4.69) is 26.0 Å². The fourth-order valence-corrected chi connectivity index (χ4v) is 4.33. The van der Waals surface area contributed by atoms with Gasteiger partial charge in [-0.25, -0.2) is 0 Å². The Labute approximate surface area is 164 Å². The first-order valence-electron chi connectivity index (χ1n) is 8.53. The van der Waals surface area contributed by atoms with Gasteiger partial charge in [0, 0.05) is 29.9 Å². The average molecular weight is 437 g/mol. The quantitative estimate of drug-likeness (QED) is 0.552. The maximum atomic E-state index is 12.6. The summed E-state index contributed by atoms with van der Waals surface area (Å²) in [5.74, 6) is -0.323. The molecule has 1 aromatic carbocycles. The highest BCUT2D eigenvalue weighted by molar-refractivity contribution is 9.10. The van der Waals surface area contributed by atoms with E-state index in [1.807, 2.05) is 43.5 Å². The molecule has 2 heterocycles. The van der Waals surface area contributed by atoms with Crippen LogP contribution in [0.2, 0.25) is 0 Å². The Morgan fingerprint density at radius 3 is 2.85 bits per heavy atom. The first-order chi connectivity index (χ1) is 12.5. The highest BCUT2D eigenvalue weighted by Crippen LogP contribution is 2.22. The van der Waals surface area contributed by atoms with Gasteiger partial charge in [0.1, 0.15) is 0 Å². The van der Waals surface area contributed by atoms with Crippen LogP contribution in [0, 0.1) is 6.92 Å². The van der Waals surface area contributed by atoms with E-state index >= 15 is 0 Å². The molecule has 6 nitrogen and oxygen atoms in total. The standard InChI is InChI=1S/C18H21BrN4O2S/c1-4-23-12(3)10-14(21-23)17(24)20-18-22(8-9-25-5-2)15-7-6-13(19)11-16(15)26-18/h6-7,10-11H,4-5,8-9H2,1-3H3. The van der Waals surface area contributed by atoms with Gasteiger partial charge in [0.05, 0.1) is 16.8 Å². The lowest BCUT2D eigenvalue weighted by atomic mass is 10.3. The Kier molecular flexibility index (Phi) is 6.05. The topological polar surface area (TPSA) is 61.4 Å². The van der Waals surface area contributed by atoms with E-state index in [-0.39, 0.29) is 5.91 Å². The highest BCUT2D eigenvalue weighted by Gasteiger charge is 2.13. The van der Waals surface area contributed by atoms with Gasteiger partial charge >= 0.3 is 0 Å². The third kappa shape index (κ3) is 3.97. The summed E-state index contributed by atoms with van der Waals surface area (Å²) in [6.07, 6.45) is 0. The van der Waals surface area contributed by atoms with Crippen molar-refractivity contribution in [3.63, 3.8) is 0 Å². The molecule has 0 bridgehead atoms. The average Bonchev–Trinajstić information content (AvgIpc) is 3.15. The van der Waals surface area contributed by atoms with E-state index in [4.69, 9.17) is 4.74 Å².